The van der Waals surface area contributed by atoms with Crippen LogP contribution >= 0.6 is 11.3 Å². The first-order valence-electron chi connectivity index (χ1n) is 10.2. The van der Waals surface area contributed by atoms with Crippen LogP contribution in [0.1, 0.15) is 35.2 Å². The fraction of sp³-hybridized carbons (Fsp3) is 0.455. The van der Waals surface area contributed by atoms with Crippen molar-refractivity contribution in [3.63, 3.8) is 0 Å². The average Bonchev–Trinajstić information content (AvgIpc) is 3.30. The van der Waals surface area contributed by atoms with E-state index in [1.165, 1.54) is 22.4 Å². The summed E-state index contributed by atoms with van der Waals surface area (Å²) in [5.74, 6) is 2.42. The molecule has 0 radical (unpaired) electrons. The van der Waals surface area contributed by atoms with E-state index in [-0.39, 0.29) is 0 Å². The Morgan fingerprint density at radius 3 is 2.93 bits per heavy atom. The van der Waals surface area contributed by atoms with Crippen LogP contribution in [0.5, 0.6) is 11.6 Å². The van der Waals surface area contributed by atoms with Gasteiger partial charge < -0.3 is 9.47 Å². The van der Waals surface area contributed by atoms with Gasteiger partial charge in [-0.15, -0.1) is 11.3 Å². The summed E-state index contributed by atoms with van der Waals surface area (Å²) in [6.45, 7) is 6.32. The number of hydrogen-bond donors (Lipinski definition) is 0. The van der Waals surface area contributed by atoms with Crippen LogP contribution in [0.25, 0.3) is 10.2 Å². The van der Waals surface area contributed by atoms with Gasteiger partial charge in [0.25, 0.3) is 0 Å². The summed E-state index contributed by atoms with van der Waals surface area (Å²) in [5.41, 5.74) is 2.67. The molecule has 5 nitrogen and oxygen atoms in total. The largest absolute Gasteiger partial charge is 0.438 e. The highest BCUT2D eigenvalue weighted by atomic mass is 32.1. The van der Waals surface area contributed by atoms with E-state index in [1.807, 2.05) is 17.4 Å². The summed E-state index contributed by atoms with van der Waals surface area (Å²) < 4.78 is 11.8. The third kappa shape index (κ3) is 3.52. The number of morpholine rings is 1. The lowest BCUT2D eigenvalue weighted by atomic mass is 10.1. The van der Waals surface area contributed by atoms with Gasteiger partial charge >= 0.3 is 0 Å². The van der Waals surface area contributed by atoms with Gasteiger partial charge in [0.1, 0.15) is 16.4 Å². The van der Waals surface area contributed by atoms with Gasteiger partial charge in [0.15, 0.2) is 0 Å². The lowest BCUT2D eigenvalue weighted by Crippen LogP contribution is -2.36. The molecule has 0 spiro atoms. The third-order valence-corrected chi connectivity index (χ3v) is 6.75. The molecule has 2 aliphatic rings. The van der Waals surface area contributed by atoms with Gasteiger partial charge in [0.2, 0.25) is 5.88 Å². The molecule has 0 atom stereocenters. The number of rotatable bonds is 5. The molecule has 2 aromatic heterocycles. The number of hydrogen-bond acceptors (Lipinski definition) is 6. The molecule has 0 N–H and O–H groups in total. The minimum Gasteiger partial charge on any atom is -0.438 e. The van der Waals surface area contributed by atoms with Crippen molar-refractivity contribution in [2.45, 2.75) is 39.2 Å². The Kier molecular flexibility index (Phi) is 5.01. The van der Waals surface area contributed by atoms with E-state index in [4.69, 9.17) is 19.4 Å². The average molecular weight is 396 g/mol. The van der Waals surface area contributed by atoms with Crippen molar-refractivity contribution in [1.82, 2.24) is 14.9 Å². The van der Waals surface area contributed by atoms with E-state index in [9.17, 15) is 0 Å². The minimum atomic E-state index is 0.723. The monoisotopic (exact) mass is 395 g/mol. The van der Waals surface area contributed by atoms with E-state index in [1.54, 1.807) is 0 Å². The smallest absolute Gasteiger partial charge is 0.231 e. The maximum atomic E-state index is 6.36. The topological polar surface area (TPSA) is 47.5 Å². The van der Waals surface area contributed by atoms with E-state index in [0.29, 0.717) is 0 Å². The lowest BCUT2D eigenvalue weighted by Gasteiger charge is -2.25. The van der Waals surface area contributed by atoms with Crippen molar-refractivity contribution in [1.29, 1.82) is 0 Å². The Morgan fingerprint density at radius 1 is 1.18 bits per heavy atom. The zero-order valence-corrected chi connectivity index (χ0v) is 17.1. The first kappa shape index (κ1) is 18.0. The van der Waals surface area contributed by atoms with Gasteiger partial charge in [-0.25, -0.2) is 4.98 Å². The molecule has 5 rings (SSSR count). The minimum absolute atomic E-state index is 0.723. The standard InChI is InChI=1S/C22H25N3O2S/c1-2-15-5-3-6-16(13-15)27-21-20-17-7-4-8-18(17)28-22(20)24-19(23-21)14-25-9-11-26-12-10-25/h3,5-6,13H,2,4,7-12,14H2,1H3. The van der Waals surface area contributed by atoms with Crippen molar-refractivity contribution < 1.29 is 9.47 Å². The van der Waals surface area contributed by atoms with Gasteiger partial charge in [-0.05, 0) is 48.9 Å². The highest BCUT2D eigenvalue weighted by molar-refractivity contribution is 7.19. The number of aryl methyl sites for hydroxylation is 3. The Morgan fingerprint density at radius 2 is 2.07 bits per heavy atom. The van der Waals surface area contributed by atoms with Crippen LogP contribution in [0.4, 0.5) is 0 Å². The number of thiophene rings is 1. The van der Waals surface area contributed by atoms with Crippen molar-refractivity contribution in [3.05, 3.63) is 46.1 Å². The summed E-state index contributed by atoms with van der Waals surface area (Å²) in [6, 6.07) is 8.32. The second-order valence-electron chi connectivity index (χ2n) is 7.47. The number of benzene rings is 1. The number of aromatic nitrogens is 2. The quantitative estimate of drug-likeness (QED) is 0.642. The molecule has 0 bridgehead atoms. The molecule has 0 amide bonds. The molecule has 1 aliphatic heterocycles. The van der Waals surface area contributed by atoms with E-state index >= 15 is 0 Å². The lowest BCUT2D eigenvalue weighted by molar-refractivity contribution is 0.0330. The SMILES string of the molecule is CCc1cccc(Oc2nc(CN3CCOCC3)nc3sc4c(c23)CCC4)c1. The second-order valence-corrected chi connectivity index (χ2v) is 8.56. The summed E-state index contributed by atoms with van der Waals surface area (Å²) in [4.78, 5) is 14.7. The Labute approximate surface area is 169 Å². The predicted molar refractivity (Wildman–Crippen MR) is 111 cm³/mol. The normalized spacial score (nSPS) is 17.2. The molecule has 1 saturated heterocycles. The summed E-state index contributed by atoms with van der Waals surface area (Å²) in [5, 5.41) is 1.13. The molecule has 1 fully saturated rings. The first-order valence-corrected chi connectivity index (χ1v) is 11.0. The Balaban J connectivity index is 1.54. The summed E-state index contributed by atoms with van der Waals surface area (Å²) in [7, 11) is 0. The van der Waals surface area contributed by atoms with E-state index in [2.05, 4.69) is 30.0 Å². The molecular formula is C22H25N3O2S. The second kappa shape index (κ2) is 7.78. The predicted octanol–water partition coefficient (Wildman–Crippen LogP) is 4.37. The molecule has 1 aliphatic carbocycles. The van der Waals surface area contributed by atoms with Crippen molar-refractivity contribution in [3.8, 4) is 11.6 Å². The molecule has 146 valence electrons. The van der Waals surface area contributed by atoms with Gasteiger partial charge in [0.05, 0.1) is 25.1 Å². The van der Waals surface area contributed by atoms with Crippen LogP contribution in [0.3, 0.4) is 0 Å². The van der Waals surface area contributed by atoms with Crippen LogP contribution in [-0.4, -0.2) is 41.2 Å². The molecule has 28 heavy (non-hydrogen) atoms. The maximum absolute atomic E-state index is 6.36. The van der Waals surface area contributed by atoms with E-state index in [0.717, 1.165) is 79.8 Å². The van der Waals surface area contributed by atoms with Gasteiger partial charge in [-0.2, -0.15) is 4.98 Å². The first-order chi connectivity index (χ1) is 13.8. The Bertz CT molecular complexity index is 995. The fourth-order valence-electron chi connectivity index (χ4n) is 4.05. The molecule has 0 saturated carbocycles. The summed E-state index contributed by atoms with van der Waals surface area (Å²) in [6.07, 6.45) is 4.47. The molecule has 3 heterocycles. The molecule has 3 aromatic rings. The van der Waals surface area contributed by atoms with Crippen LogP contribution in [0.15, 0.2) is 24.3 Å². The molecule has 0 unspecified atom stereocenters. The van der Waals surface area contributed by atoms with Crippen LogP contribution in [0, 0.1) is 0 Å². The van der Waals surface area contributed by atoms with Crippen molar-refractivity contribution in [2.75, 3.05) is 26.3 Å². The number of nitrogens with zero attached hydrogens (tertiary/aromatic N) is 3. The zero-order valence-electron chi connectivity index (χ0n) is 16.2. The zero-order chi connectivity index (χ0) is 18.9. The summed E-state index contributed by atoms with van der Waals surface area (Å²) >= 11 is 1.82. The fourth-order valence-corrected chi connectivity index (χ4v) is 5.32. The maximum Gasteiger partial charge on any atom is 0.231 e. The van der Waals surface area contributed by atoms with E-state index < -0.39 is 0 Å². The molecule has 1 aromatic carbocycles. The van der Waals surface area contributed by atoms with Gasteiger partial charge in [-0.1, -0.05) is 19.1 Å². The van der Waals surface area contributed by atoms with Gasteiger partial charge in [0, 0.05) is 18.0 Å². The third-order valence-electron chi connectivity index (χ3n) is 5.57. The number of fused-ring (bicyclic) bond motifs is 3. The highest BCUT2D eigenvalue weighted by Gasteiger charge is 2.24. The Hall–Kier alpha value is -2.02. The molecular weight excluding hydrogens is 370 g/mol. The molecule has 6 heteroatoms. The highest BCUT2D eigenvalue weighted by Crippen LogP contribution is 2.41. The van der Waals surface area contributed by atoms with Gasteiger partial charge in [-0.3, -0.25) is 4.90 Å². The number of ether oxygens (including phenoxy) is 2. The van der Waals surface area contributed by atoms with Crippen LogP contribution < -0.4 is 4.74 Å². The van der Waals surface area contributed by atoms with Crippen LogP contribution in [0.2, 0.25) is 0 Å². The van der Waals surface area contributed by atoms with Crippen molar-refractivity contribution >= 4 is 21.6 Å². The van der Waals surface area contributed by atoms with Crippen molar-refractivity contribution in [2.24, 2.45) is 0 Å². The van der Waals surface area contributed by atoms with Crippen LogP contribution in [-0.2, 0) is 30.5 Å².